The molecular weight excluding hydrogens is 514 g/mol. The van der Waals surface area contributed by atoms with Crippen LogP contribution in [0.4, 0.5) is 0 Å². The minimum atomic E-state index is -1.31. The molecule has 0 spiro atoms. The van der Waals surface area contributed by atoms with E-state index in [0.29, 0.717) is 10.8 Å². The van der Waals surface area contributed by atoms with Crippen molar-refractivity contribution in [1.29, 1.82) is 0 Å². The Labute approximate surface area is 155 Å². The molecule has 0 atom stereocenters. The third-order valence-electron chi connectivity index (χ3n) is 2.70. The summed E-state index contributed by atoms with van der Waals surface area (Å²) in [5, 5.41) is 24.5. The van der Waals surface area contributed by atoms with Gasteiger partial charge in [-0.3, -0.25) is 9.59 Å². The number of hydrogen-bond donors (Lipinski definition) is 2. The number of carboxylic acids is 2. The van der Waals surface area contributed by atoms with E-state index >= 15 is 0 Å². The quantitative estimate of drug-likeness (QED) is 0.419. The average Bonchev–Trinajstić information content (AvgIpc) is 2.40. The van der Waals surface area contributed by atoms with Gasteiger partial charge in [-0.1, -0.05) is 25.7 Å². The average molecular weight is 536 g/mol. The van der Waals surface area contributed by atoms with Gasteiger partial charge in [0.25, 0.3) is 0 Å². The zero-order valence-electron chi connectivity index (χ0n) is 12.2. The van der Waals surface area contributed by atoms with Crippen LogP contribution in [-0.2, 0) is 30.7 Å². The van der Waals surface area contributed by atoms with Gasteiger partial charge in [0.2, 0.25) is 0 Å². The maximum atomic E-state index is 9.43. The number of hydrogen-bond acceptors (Lipinski definition) is 2. The molecule has 2 heterocycles. The molecule has 0 saturated carbocycles. The fourth-order valence-corrected chi connectivity index (χ4v) is 1.96. The summed E-state index contributed by atoms with van der Waals surface area (Å²) in [7, 11) is 0. The molecular formula is C13H22Cl2N2O4Pt. The van der Waals surface area contributed by atoms with E-state index in [1.807, 2.05) is 0 Å². The van der Waals surface area contributed by atoms with Gasteiger partial charge in [0, 0.05) is 10.8 Å². The van der Waals surface area contributed by atoms with E-state index < -0.39 is 18.4 Å². The van der Waals surface area contributed by atoms with Crippen molar-refractivity contribution in [3.63, 3.8) is 0 Å². The number of alkyl halides is 2. The molecule has 0 aliphatic carbocycles. The number of carboxylic acid groups (broad SMARTS) is 2. The van der Waals surface area contributed by atoms with Gasteiger partial charge >= 0.3 is 33.0 Å². The first-order valence-electron chi connectivity index (χ1n) is 6.90. The largest absolute Gasteiger partial charge is 2.00 e. The molecule has 2 saturated heterocycles. The Hall–Kier alpha value is 0.128. The predicted molar refractivity (Wildman–Crippen MR) is 83.8 cm³/mol. The Morgan fingerprint density at radius 1 is 0.818 bits per heavy atom. The van der Waals surface area contributed by atoms with Gasteiger partial charge in [-0.25, -0.2) is 0 Å². The van der Waals surface area contributed by atoms with Gasteiger partial charge < -0.3 is 20.8 Å². The van der Waals surface area contributed by atoms with Gasteiger partial charge in [0.05, 0.1) is 0 Å². The minimum absolute atomic E-state index is 0. The van der Waals surface area contributed by atoms with Gasteiger partial charge in [0.15, 0.2) is 0 Å². The molecule has 6 nitrogen and oxygen atoms in total. The normalized spacial score (nSPS) is 18.6. The van der Waals surface area contributed by atoms with Crippen LogP contribution in [0, 0.1) is 0 Å². The summed E-state index contributed by atoms with van der Waals surface area (Å²) in [5.74, 6) is -2.62. The summed E-state index contributed by atoms with van der Waals surface area (Å²) in [6.07, 6.45) is 3.53. The topological polar surface area (TPSA) is 103 Å². The van der Waals surface area contributed by atoms with Crippen molar-refractivity contribution in [2.24, 2.45) is 0 Å². The number of halogens is 2. The van der Waals surface area contributed by atoms with Crippen molar-refractivity contribution in [2.45, 2.75) is 42.9 Å². The summed E-state index contributed by atoms with van der Waals surface area (Å²) >= 11 is 11.5. The standard InChI is InChI=1S/2C5H9ClN.C3H4O4.Pt/c2*6-5-1-3-7-4-2-5;4-2(5)1-3(6)7;/h2*5H,1-4H2;1H2,(H,4,5)(H,6,7);/q2*-1;;+2. The van der Waals surface area contributed by atoms with E-state index in [9.17, 15) is 9.59 Å². The first-order chi connectivity index (χ1) is 9.91. The molecule has 2 fully saturated rings. The van der Waals surface area contributed by atoms with E-state index in [1.165, 1.54) is 0 Å². The smallest absolute Gasteiger partial charge is 0.662 e. The molecule has 0 aromatic carbocycles. The minimum Gasteiger partial charge on any atom is -0.662 e. The van der Waals surface area contributed by atoms with E-state index in [1.54, 1.807) is 0 Å². The summed E-state index contributed by atoms with van der Waals surface area (Å²) in [5.41, 5.74) is 0. The summed E-state index contributed by atoms with van der Waals surface area (Å²) in [6.45, 7) is 3.92. The summed E-state index contributed by atoms with van der Waals surface area (Å²) in [4.78, 5) is 18.9. The third kappa shape index (κ3) is 18.2. The van der Waals surface area contributed by atoms with Crippen LogP contribution in [0.25, 0.3) is 10.6 Å². The van der Waals surface area contributed by atoms with Gasteiger partial charge in [0.1, 0.15) is 6.42 Å². The molecule has 0 unspecified atom stereocenters. The second-order valence-electron chi connectivity index (χ2n) is 4.66. The first kappa shape index (κ1) is 24.4. The number of aliphatic carboxylic acids is 2. The predicted octanol–water partition coefficient (Wildman–Crippen LogP) is 3.07. The second kappa shape index (κ2) is 16.0. The molecule has 22 heavy (non-hydrogen) atoms. The Morgan fingerprint density at radius 2 is 1.09 bits per heavy atom. The van der Waals surface area contributed by atoms with Crippen LogP contribution in [0.1, 0.15) is 32.1 Å². The van der Waals surface area contributed by atoms with E-state index in [0.717, 1.165) is 51.9 Å². The monoisotopic (exact) mass is 535 g/mol. The van der Waals surface area contributed by atoms with Crippen LogP contribution >= 0.6 is 23.2 Å². The van der Waals surface area contributed by atoms with Gasteiger partial charge in [-0.15, -0.1) is 49.4 Å². The van der Waals surface area contributed by atoms with Crippen molar-refractivity contribution in [1.82, 2.24) is 0 Å². The SMILES string of the molecule is ClC1CC[N-]CC1.ClC1CC[N-]CC1.O=C(O)CC(=O)O.[Pt+2]. The van der Waals surface area contributed by atoms with Crippen LogP contribution < -0.4 is 0 Å². The molecule has 2 N–H and O–H groups in total. The Bertz CT molecular complexity index is 272. The Balaban J connectivity index is 0. The third-order valence-corrected chi connectivity index (χ3v) is 3.58. The molecule has 0 bridgehead atoms. The van der Waals surface area contributed by atoms with Crippen molar-refractivity contribution in [3.05, 3.63) is 10.6 Å². The fraction of sp³-hybridized carbons (Fsp3) is 0.846. The zero-order chi connectivity index (χ0) is 16.1. The van der Waals surface area contributed by atoms with Crippen LogP contribution in [0.5, 0.6) is 0 Å². The van der Waals surface area contributed by atoms with Crippen molar-refractivity contribution < 1.29 is 40.9 Å². The van der Waals surface area contributed by atoms with E-state index in [4.69, 9.17) is 33.4 Å². The molecule has 0 aromatic rings. The number of rotatable bonds is 2. The zero-order valence-corrected chi connectivity index (χ0v) is 16.0. The maximum absolute atomic E-state index is 9.43. The van der Waals surface area contributed by atoms with Crippen molar-refractivity contribution in [2.75, 3.05) is 26.2 Å². The number of piperidine rings is 2. The van der Waals surface area contributed by atoms with Gasteiger partial charge in [-0.05, 0) is 0 Å². The van der Waals surface area contributed by atoms with Gasteiger partial charge in [-0.2, -0.15) is 0 Å². The molecule has 9 heteroatoms. The second-order valence-corrected chi connectivity index (χ2v) is 5.89. The van der Waals surface area contributed by atoms with E-state index in [-0.39, 0.29) is 21.1 Å². The number of nitrogens with zero attached hydrogens (tertiary/aromatic N) is 2. The molecule has 2 aliphatic heterocycles. The Morgan fingerprint density at radius 3 is 1.18 bits per heavy atom. The van der Waals surface area contributed by atoms with Crippen LogP contribution in [-0.4, -0.2) is 59.1 Å². The molecule has 0 radical (unpaired) electrons. The summed E-state index contributed by atoms with van der Waals surface area (Å²) < 4.78 is 0. The molecule has 0 amide bonds. The molecule has 0 aromatic heterocycles. The summed E-state index contributed by atoms with van der Waals surface area (Å²) in [6, 6.07) is 0. The maximum Gasteiger partial charge on any atom is 2.00 e. The molecule has 2 aliphatic rings. The van der Waals surface area contributed by atoms with Crippen LogP contribution in [0.15, 0.2) is 0 Å². The number of carbonyl (C=O) groups is 2. The fourth-order valence-electron chi connectivity index (χ4n) is 1.57. The molecule has 132 valence electrons. The van der Waals surface area contributed by atoms with Crippen LogP contribution in [0.2, 0.25) is 0 Å². The van der Waals surface area contributed by atoms with Crippen molar-refractivity contribution >= 4 is 35.1 Å². The van der Waals surface area contributed by atoms with Crippen LogP contribution in [0.3, 0.4) is 0 Å². The van der Waals surface area contributed by atoms with E-state index in [2.05, 4.69) is 10.6 Å². The Kier molecular flexibility index (Phi) is 17.7. The van der Waals surface area contributed by atoms with Crippen molar-refractivity contribution in [3.8, 4) is 0 Å². The first-order valence-corrected chi connectivity index (χ1v) is 7.77. The molecule has 2 rings (SSSR count).